The number of nitrogens with zero attached hydrogens (tertiary/aromatic N) is 4. The van der Waals surface area contributed by atoms with Crippen LogP contribution < -0.4 is 4.90 Å². The van der Waals surface area contributed by atoms with Crippen LogP contribution in [0, 0.1) is 0 Å². The Hall–Kier alpha value is -1.27. The molecule has 102 valence electrons. The Morgan fingerprint density at radius 2 is 1.95 bits per heavy atom. The second kappa shape index (κ2) is 6.25. The number of thiophene rings is 1. The van der Waals surface area contributed by atoms with Crippen LogP contribution in [0.1, 0.15) is 32.6 Å². The summed E-state index contributed by atoms with van der Waals surface area (Å²) in [6.07, 6.45) is 1.84. The van der Waals surface area contributed by atoms with Crippen molar-refractivity contribution in [2.75, 3.05) is 4.90 Å². The summed E-state index contributed by atoms with van der Waals surface area (Å²) in [4.78, 5) is 7.75. The standard InChI is InChI=1S/C13H18N4S2/c1-9(2)17(10(3)4)13-16-15-12(19-13)14-8-11-6-5-7-18-11/h5-10H,1-4H3. The first-order valence-electron chi connectivity index (χ1n) is 6.27. The van der Waals surface area contributed by atoms with Gasteiger partial charge in [0.05, 0.1) is 0 Å². The molecule has 0 aromatic carbocycles. The van der Waals surface area contributed by atoms with Crippen molar-refractivity contribution in [1.29, 1.82) is 0 Å². The van der Waals surface area contributed by atoms with E-state index >= 15 is 0 Å². The predicted molar refractivity (Wildman–Crippen MR) is 84.2 cm³/mol. The topological polar surface area (TPSA) is 41.4 Å². The third-order valence-electron chi connectivity index (χ3n) is 2.58. The lowest BCUT2D eigenvalue weighted by Crippen LogP contribution is -2.36. The van der Waals surface area contributed by atoms with Crippen molar-refractivity contribution >= 4 is 39.2 Å². The number of rotatable bonds is 5. The predicted octanol–water partition coefficient (Wildman–Crippen LogP) is 3.97. The molecule has 0 aliphatic heterocycles. The maximum Gasteiger partial charge on any atom is 0.233 e. The molecule has 0 N–H and O–H groups in total. The molecule has 0 aliphatic carbocycles. The fourth-order valence-corrected chi connectivity index (χ4v) is 3.43. The quantitative estimate of drug-likeness (QED) is 0.783. The highest BCUT2D eigenvalue weighted by Crippen LogP contribution is 2.29. The van der Waals surface area contributed by atoms with Crippen LogP contribution in [-0.4, -0.2) is 28.5 Å². The monoisotopic (exact) mass is 294 g/mol. The van der Waals surface area contributed by atoms with Gasteiger partial charge in [-0.3, -0.25) is 0 Å². The van der Waals surface area contributed by atoms with Crippen LogP contribution in [0.3, 0.4) is 0 Å². The van der Waals surface area contributed by atoms with Crippen LogP contribution in [0.25, 0.3) is 0 Å². The molecule has 4 nitrogen and oxygen atoms in total. The Morgan fingerprint density at radius 1 is 1.21 bits per heavy atom. The minimum absolute atomic E-state index is 0.405. The van der Waals surface area contributed by atoms with E-state index in [-0.39, 0.29) is 0 Å². The number of hydrogen-bond acceptors (Lipinski definition) is 6. The third-order valence-corrected chi connectivity index (χ3v) is 4.23. The van der Waals surface area contributed by atoms with Gasteiger partial charge >= 0.3 is 0 Å². The van der Waals surface area contributed by atoms with E-state index in [9.17, 15) is 0 Å². The Kier molecular flexibility index (Phi) is 4.66. The number of hydrogen-bond donors (Lipinski definition) is 0. The Balaban J connectivity index is 2.14. The summed E-state index contributed by atoms with van der Waals surface area (Å²) in [7, 11) is 0. The summed E-state index contributed by atoms with van der Waals surface area (Å²) in [6, 6.07) is 4.85. The lowest BCUT2D eigenvalue weighted by atomic mass is 10.2. The molecule has 2 heterocycles. The van der Waals surface area contributed by atoms with Gasteiger partial charge in [0.25, 0.3) is 0 Å². The van der Waals surface area contributed by atoms with Crippen LogP contribution in [0.4, 0.5) is 10.3 Å². The molecular weight excluding hydrogens is 276 g/mol. The van der Waals surface area contributed by atoms with E-state index in [4.69, 9.17) is 0 Å². The van der Waals surface area contributed by atoms with Crippen LogP contribution in [-0.2, 0) is 0 Å². The molecule has 0 saturated heterocycles. The van der Waals surface area contributed by atoms with Crippen molar-refractivity contribution in [3.8, 4) is 0 Å². The van der Waals surface area contributed by atoms with Gasteiger partial charge in [0.1, 0.15) is 0 Å². The van der Waals surface area contributed by atoms with Crippen LogP contribution in [0.5, 0.6) is 0 Å². The third kappa shape index (κ3) is 3.61. The van der Waals surface area contributed by atoms with E-state index in [0.29, 0.717) is 17.2 Å². The van der Waals surface area contributed by atoms with Crippen molar-refractivity contribution < 1.29 is 0 Å². The largest absolute Gasteiger partial charge is 0.342 e. The van der Waals surface area contributed by atoms with Gasteiger partial charge in [-0.1, -0.05) is 17.4 Å². The molecule has 0 amide bonds. The van der Waals surface area contributed by atoms with Crippen molar-refractivity contribution in [2.45, 2.75) is 39.8 Å². The van der Waals surface area contributed by atoms with Gasteiger partial charge in [0.2, 0.25) is 10.3 Å². The molecule has 0 atom stereocenters. The molecule has 6 heteroatoms. The van der Waals surface area contributed by atoms with Gasteiger partial charge in [-0.05, 0) is 39.1 Å². The molecule has 0 saturated carbocycles. The van der Waals surface area contributed by atoms with Gasteiger partial charge in [-0.15, -0.1) is 21.5 Å². The highest BCUT2D eigenvalue weighted by Gasteiger charge is 2.18. The highest BCUT2D eigenvalue weighted by atomic mass is 32.1. The second-order valence-corrected chi connectivity index (χ2v) is 6.65. The van der Waals surface area contributed by atoms with E-state index in [0.717, 1.165) is 10.0 Å². The minimum atomic E-state index is 0.405. The Bertz CT molecular complexity index is 521. The fourth-order valence-electron chi connectivity index (χ4n) is 1.89. The first kappa shape index (κ1) is 14.1. The van der Waals surface area contributed by atoms with E-state index < -0.39 is 0 Å². The smallest absolute Gasteiger partial charge is 0.233 e. The molecule has 2 aromatic heterocycles. The Labute approximate surface area is 121 Å². The maximum absolute atomic E-state index is 4.37. The average molecular weight is 294 g/mol. The summed E-state index contributed by atoms with van der Waals surface area (Å²) < 4.78 is 0. The number of aliphatic imine (C=N–C) groups is 1. The molecule has 19 heavy (non-hydrogen) atoms. The first-order valence-corrected chi connectivity index (χ1v) is 7.97. The molecule has 0 fully saturated rings. The summed E-state index contributed by atoms with van der Waals surface area (Å²) in [5.41, 5.74) is 0. The lowest BCUT2D eigenvalue weighted by molar-refractivity contribution is 0.603. The number of anilines is 1. The molecule has 0 spiro atoms. The van der Waals surface area contributed by atoms with Crippen LogP contribution in [0.15, 0.2) is 22.5 Å². The van der Waals surface area contributed by atoms with Crippen molar-refractivity contribution in [2.24, 2.45) is 4.99 Å². The van der Waals surface area contributed by atoms with Crippen molar-refractivity contribution in [3.05, 3.63) is 22.4 Å². The van der Waals surface area contributed by atoms with Gasteiger partial charge < -0.3 is 4.90 Å². The zero-order valence-corrected chi connectivity index (χ0v) is 13.2. The average Bonchev–Trinajstić information content (AvgIpc) is 2.95. The number of aromatic nitrogens is 2. The first-order chi connectivity index (χ1) is 9.08. The highest BCUT2D eigenvalue weighted by molar-refractivity contribution is 7.18. The summed E-state index contributed by atoms with van der Waals surface area (Å²) in [5.74, 6) is 0. The van der Waals surface area contributed by atoms with E-state index in [1.165, 1.54) is 11.3 Å². The molecule has 2 aromatic rings. The maximum atomic E-state index is 4.37. The van der Waals surface area contributed by atoms with Crippen LogP contribution >= 0.6 is 22.7 Å². The fraction of sp³-hybridized carbons (Fsp3) is 0.462. The van der Waals surface area contributed by atoms with Gasteiger partial charge in [0.15, 0.2) is 0 Å². The molecular formula is C13H18N4S2. The zero-order valence-electron chi connectivity index (χ0n) is 11.6. The molecule has 0 unspecified atom stereocenters. The van der Waals surface area contributed by atoms with Crippen LogP contribution in [0.2, 0.25) is 0 Å². The molecule has 0 radical (unpaired) electrons. The van der Waals surface area contributed by atoms with Gasteiger partial charge in [-0.2, -0.15) is 0 Å². The van der Waals surface area contributed by atoms with Crippen molar-refractivity contribution in [3.63, 3.8) is 0 Å². The molecule has 0 bridgehead atoms. The zero-order chi connectivity index (χ0) is 13.8. The van der Waals surface area contributed by atoms with E-state index in [1.807, 2.05) is 23.7 Å². The second-order valence-electron chi connectivity index (χ2n) is 4.74. The van der Waals surface area contributed by atoms with E-state index in [1.54, 1.807) is 11.3 Å². The summed E-state index contributed by atoms with van der Waals surface area (Å²) in [6.45, 7) is 8.65. The SMILES string of the molecule is CC(C)N(c1nnc(N=Cc2cccs2)s1)C(C)C. The van der Waals surface area contributed by atoms with Crippen molar-refractivity contribution in [1.82, 2.24) is 10.2 Å². The van der Waals surface area contributed by atoms with Gasteiger partial charge in [0, 0.05) is 23.2 Å². The summed E-state index contributed by atoms with van der Waals surface area (Å²) in [5, 5.41) is 12.0. The Morgan fingerprint density at radius 3 is 2.53 bits per heavy atom. The normalized spacial score (nSPS) is 11.9. The van der Waals surface area contributed by atoms with Gasteiger partial charge in [-0.25, -0.2) is 4.99 Å². The van der Waals surface area contributed by atoms with E-state index in [2.05, 4.69) is 47.8 Å². The summed E-state index contributed by atoms with van der Waals surface area (Å²) >= 11 is 3.19. The molecule has 2 rings (SSSR count). The molecule has 0 aliphatic rings. The lowest BCUT2D eigenvalue weighted by Gasteiger charge is -2.29. The minimum Gasteiger partial charge on any atom is -0.342 e.